The largest absolute Gasteiger partial charge is 0.316 e. The summed E-state index contributed by atoms with van der Waals surface area (Å²) in [5, 5.41) is 6.92. The van der Waals surface area contributed by atoms with E-state index in [4.69, 9.17) is 0 Å². The molecule has 0 spiro atoms. The van der Waals surface area contributed by atoms with Gasteiger partial charge in [-0.25, -0.2) is 0 Å². The molecule has 0 aromatic heterocycles. The lowest BCUT2D eigenvalue weighted by Gasteiger charge is -2.27. The summed E-state index contributed by atoms with van der Waals surface area (Å²) >= 11 is 0. The minimum atomic E-state index is 0.634. The van der Waals surface area contributed by atoms with Crippen LogP contribution in [0.15, 0.2) is 18.2 Å². The molecular formula is C13H20N2. The number of hydrogen-bond acceptors (Lipinski definition) is 2. The molecule has 1 aliphatic rings. The van der Waals surface area contributed by atoms with E-state index < -0.39 is 0 Å². The van der Waals surface area contributed by atoms with Crippen LogP contribution in [0, 0.1) is 6.92 Å². The van der Waals surface area contributed by atoms with E-state index in [0.717, 1.165) is 26.2 Å². The fraction of sp³-hybridized carbons (Fsp3) is 0.538. The molecule has 82 valence electrons. The van der Waals surface area contributed by atoms with Crippen LogP contribution in [0.25, 0.3) is 0 Å². The maximum atomic E-state index is 3.49. The first-order chi connectivity index (χ1) is 7.31. The Hall–Kier alpha value is -0.860. The molecule has 1 unspecified atom stereocenters. The molecule has 0 radical (unpaired) electrons. The molecule has 0 amide bonds. The van der Waals surface area contributed by atoms with Gasteiger partial charge in [-0.1, -0.05) is 30.7 Å². The molecule has 1 aliphatic heterocycles. The standard InChI is InChI=1S/C13H20N2/c1-3-14-8-12-9-15-7-11-6-10(2)4-5-13(11)12/h4-6,12,14-15H,3,7-9H2,1-2H3. The van der Waals surface area contributed by atoms with Gasteiger partial charge in [0.2, 0.25) is 0 Å². The third-order valence-corrected chi connectivity index (χ3v) is 3.09. The topological polar surface area (TPSA) is 24.1 Å². The maximum Gasteiger partial charge on any atom is 0.0208 e. The summed E-state index contributed by atoms with van der Waals surface area (Å²) in [6.45, 7) is 8.58. The van der Waals surface area contributed by atoms with Crippen LogP contribution in [0.4, 0.5) is 0 Å². The quantitative estimate of drug-likeness (QED) is 0.784. The normalized spacial score (nSPS) is 20.0. The van der Waals surface area contributed by atoms with Crippen molar-refractivity contribution in [2.24, 2.45) is 0 Å². The van der Waals surface area contributed by atoms with E-state index in [1.165, 1.54) is 16.7 Å². The van der Waals surface area contributed by atoms with Gasteiger partial charge in [-0.3, -0.25) is 0 Å². The Morgan fingerprint density at radius 1 is 1.47 bits per heavy atom. The van der Waals surface area contributed by atoms with Gasteiger partial charge in [-0.15, -0.1) is 0 Å². The van der Waals surface area contributed by atoms with Crippen molar-refractivity contribution < 1.29 is 0 Å². The van der Waals surface area contributed by atoms with Gasteiger partial charge in [0, 0.05) is 25.6 Å². The fourth-order valence-corrected chi connectivity index (χ4v) is 2.28. The summed E-state index contributed by atoms with van der Waals surface area (Å²) in [4.78, 5) is 0. The molecule has 1 aromatic rings. The second kappa shape index (κ2) is 4.77. The van der Waals surface area contributed by atoms with Gasteiger partial charge in [0.15, 0.2) is 0 Å². The predicted molar refractivity (Wildman–Crippen MR) is 64.2 cm³/mol. The molecule has 2 rings (SSSR count). The van der Waals surface area contributed by atoms with E-state index in [-0.39, 0.29) is 0 Å². The zero-order chi connectivity index (χ0) is 10.7. The minimum absolute atomic E-state index is 0.634. The highest BCUT2D eigenvalue weighted by Crippen LogP contribution is 2.24. The van der Waals surface area contributed by atoms with Gasteiger partial charge in [-0.05, 0) is 24.6 Å². The van der Waals surface area contributed by atoms with Crippen molar-refractivity contribution in [3.63, 3.8) is 0 Å². The number of rotatable bonds is 3. The number of benzene rings is 1. The summed E-state index contributed by atoms with van der Waals surface area (Å²) in [7, 11) is 0. The molecule has 1 aromatic carbocycles. The van der Waals surface area contributed by atoms with Crippen LogP contribution in [-0.2, 0) is 6.54 Å². The number of fused-ring (bicyclic) bond motifs is 1. The fourth-order valence-electron chi connectivity index (χ4n) is 2.28. The highest BCUT2D eigenvalue weighted by Gasteiger charge is 2.18. The van der Waals surface area contributed by atoms with E-state index in [0.29, 0.717) is 5.92 Å². The van der Waals surface area contributed by atoms with Crippen LogP contribution < -0.4 is 10.6 Å². The number of nitrogens with one attached hydrogen (secondary N) is 2. The Balaban J connectivity index is 2.18. The molecule has 2 nitrogen and oxygen atoms in total. The molecular weight excluding hydrogens is 184 g/mol. The van der Waals surface area contributed by atoms with E-state index in [2.05, 4.69) is 42.7 Å². The van der Waals surface area contributed by atoms with Crippen molar-refractivity contribution in [1.82, 2.24) is 10.6 Å². The van der Waals surface area contributed by atoms with Crippen LogP contribution in [0.3, 0.4) is 0 Å². The van der Waals surface area contributed by atoms with Crippen molar-refractivity contribution in [3.05, 3.63) is 34.9 Å². The zero-order valence-corrected chi connectivity index (χ0v) is 9.64. The Morgan fingerprint density at radius 2 is 2.33 bits per heavy atom. The van der Waals surface area contributed by atoms with Gasteiger partial charge in [0.05, 0.1) is 0 Å². The molecule has 0 saturated heterocycles. The van der Waals surface area contributed by atoms with Crippen molar-refractivity contribution in [2.45, 2.75) is 26.3 Å². The van der Waals surface area contributed by atoms with Crippen LogP contribution in [0.2, 0.25) is 0 Å². The molecule has 0 saturated carbocycles. The molecule has 1 atom stereocenters. The summed E-state index contributed by atoms with van der Waals surface area (Å²) in [6, 6.07) is 6.83. The van der Waals surface area contributed by atoms with Crippen LogP contribution >= 0.6 is 0 Å². The van der Waals surface area contributed by atoms with E-state index in [1.807, 2.05) is 0 Å². The minimum Gasteiger partial charge on any atom is -0.316 e. The van der Waals surface area contributed by atoms with Crippen molar-refractivity contribution >= 4 is 0 Å². The Morgan fingerprint density at radius 3 is 3.13 bits per heavy atom. The monoisotopic (exact) mass is 204 g/mol. The highest BCUT2D eigenvalue weighted by atomic mass is 14.9. The number of likely N-dealkylation sites (N-methyl/N-ethyl adjacent to an activating group) is 1. The summed E-state index contributed by atoms with van der Waals surface area (Å²) in [5.41, 5.74) is 4.36. The van der Waals surface area contributed by atoms with Gasteiger partial charge >= 0.3 is 0 Å². The number of hydrogen-bond donors (Lipinski definition) is 2. The summed E-state index contributed by atoms with van der Waals surface area (Å²) < 4.78 is 0. The van der Waals surface area contributed by atoms with E-state index in [1.54, 1.807) is 0 Å². The third kappa shape index (κ3) is 2.39. The van der Waals surface area contributed by atoms with Crippen molar-refractivity contribution in [3.8, 4) is 0 Å². The highest BCUT2D eigenvalue weighted by molar-refractivity contribution is 5.36. The molecule has 1 heterocycles. The van der Waals surface area contributed by atoms with E-state index in [9.17, 15) is 0 Å². The summed E-state index contributed by atoms with van der Waals surface area (Å²) in [5.74, 6) is 0.634. The van der Waals surface area contributed by atoms with Gasteiger partial charge in [0.1, 0.15) is 0 Å². The smallest absolute Gasteiger partial charge is 0.0208 e. The van der Waals surface area contributed by atoms with Crippen molar-refractivity contribution in [2.75, 3.05) is 19.6 Å². The number of aryl methyl sites for hydroxylation is 1. The predicted octanol–water partition coefficient (Wildman–Crippen LogP) is 1.79. The van der Waals surface area contributed by atoms with Gasteiger partial charge in [0.25, 0.3) is 0 Å². The average molecular weight is 204 g/mol. The van der Waals surface area contributed by atoms with E-state index >= 15 is 0 Å². The first kappa shape index (κ1) is 10.7. The first-order valence-electron chi connectivity index (χ1n) is 5.82. The lowest BCUT2D eigenvalue weighted by molar-refractivity contribution is 0.509. The molecule has 0 bridgehead atoms. The summed E-state index contributed by atoms with van der Waals surface area (Å²) in [6.07, 6.45) is 0. The van der Waals surface area contributed by atoms with Crippen LogP contribution in [0.5, 0.6) is 0 Å². The van der Waals surface area contributed by atoms with Crippen LogP contribution in [-0.4, -0.2) is 19.6 Å². The average Bonchev–Trinajstić information content (AvgIpc) is 2.25. The maximum absolute atomic E-state index is 3.49. The second-order valence-electron chi connectivity index (χ2n) is 4.34. The Labute approximate surface area is 92.1 Å². The third-order valence-electron chi connectivity index (χ3n) is 3.09. The Bertz CT molecular complexity index is 333. The molecule has 0 fully saturated rings. The SMILES string of the molecule is CCNCC1CNCc2cc(C)ccc21. The lowest BCUT2D eigenvalue weighted by atomic mass is 9.90. The van der Waals surface area contributed by atoms with Gasteiger partial charge in [-0.2, -0.15) is 0 Å². The van der Waals surface area contributed by atoms with Crippen LogP contribution in [0.1, 0.15) is 29.5 Å². The Kier molecular flexibility index (Phi) is 3.39. The molecule has 15 heavy (non-hydrogen) atoms. The molecule has 0 aliphatic carbocycles. The molecule has 2 N–H and O–H groups in total. The molecule has 2 heteroatoms. The lowest BCUT2D eigenvalue weighted by Crippen LogP contribution is -2.34. The second-order valence-corrected chi connectivity index (χ2v) is 4.34. The van der Waals surface area contributed by atoms with Gasteiger partial charge < -0.3 is 10.6 Å². The zero-order valence-electron chi connectivity index (χ0n) is 9.64. The first-order valence-corrected chi connectivity index (χ1v) is 5.82. The van der Waals surface area contributed by atoms with Crippen molar-refractivity contribution in [1.29, 1.82) is 0 Å².